The molecule has 0 aliphatic heterocycles. The number of aromatic amines is 1. The van der Waals surface area contributed by atoms with Crippen LogP contribution in [0, 0.1) is 11.3 Å². The molecule has 3 aromatic rings. The molecule has 8 heteroatoms. The summed E-state index contributed by atoms with van der Waals surface area (Å²) >= 11 is 6.01. The molecule has 1 aromatic carbocycles. The number of hydrogen-bond donors (Lipinski definition) is 2. The summed E-state index contributed by atoms with van der Waals surface area (Å²) in [5.41, 5.74) is 1.25. The van der Waals surface area contributed by atoms with E-state index in [1.807, 2.05) is 13.0 Å². The van der Waals surface area contributed by atoms with Gasteiger partial charge in [0.1, 0.15) is 11.6 Å². The van der Waals surface area contributed by atoms with Crippen LogP contribution in [-0.4, -0.2) is 22.1 Å². The first-order valence-electron chi connectivity index (χ1n) is 7.42. The van der Waals surface area contributed by atoms with E-state index in [0.29, 0.717) is 16.1 Å². The second kappa shape index (κ2) is 6.79. The summed E-state index contributed by atoms with van der Waals surface area (Å²) in [5.74, 6) is 0.431. The molecule has 0 spiro atoms. The summed E-state index contributed by atoms with van der Waals surface area (Å²) < 4.78 is 5.06. The van der Waals surface area contributed by atoms with Crippen LogP contribution < -0.4 is 15.6 Å². The number of nitriles is 1. The zero-order valence-electron chi connectivity index (χ0n) is 13.5. The number of fused-ring (bicyclic) bond motifs is 1. The molecule has 0 bridgehead atoms. The Morgan fingerprint density at radius 3 is 2.92 bits per heavy atom. The standard InChI is InChI=1S/C17H14ClN5O2/c1-9(21-17-20-8-11(7-19)16(23-17)25-2)13-6-10-5-12(18)3-4-14(10)22-15(13)24/h3-6,8-9H,1-2H3,(H,22,24)(H,20,21,23)/t9-/m0/s1. The highest BCUT2D eigenvalue weighted by molar-refractivity contribution is 6.31. The minimum Gasteiger partial charge on any atom is -0.480 e. The Kier molecular flexibility index (Phi) is 4.55. The van der Waals surface area contributed by atoms with E-state index < -0.39 is 0 Å². The summed E-state index contributed by atoms with van der Waals surface area (Å²) in [6, 6.07) is 8.62. The highest BCUT2D eigenvalue weighted by Gasteiger charge is 2.14. The van der Waals surface area contributed by atoms with Crippen LogP contribution in [0.25, 0.3) is 10.9 Å². The van der Waals surface area contributed by atoms with Gasteiger partial charge in [0.25, 0.3) is 5.56 Å². The van der Waals surface area contributed by atoms with E-state index in [1.165, 1.54) is 13.3 Å². The number of H-pyrrole nitrogens is 1. The van der Waals surface area contributed by atoms with Crippen molar-refractivity contribution in [2.24, 2.45) is 0 Å². The summed E-state index contributed by atoms with van der Waals surface area (Å²) in [4.78, 5) is 23.4. The molecule has 0 amide bonds. The number of aromatic nitrogens is 3. The van der Waals surface area contributed by atoms with Gasteiger partial charge >= 0.3 is 0 Å². The lowest BCUT2D eigenvalue weighted by Gasteiger charge is -2.14. The van der Waals surface area contributed by atoms with Crippen molar-refractivity contribution in [3.05, 3.63) is 57.0 Å². The first-order valence-corrected chi connectivity index (χ1v) is 7.79. The van der Waals surface area contributed by atoms with E-state index in [9.17, 15) is 4.79 Å². The summed E-state index contributed by atoms with van der Waals surface area (Å²) in [6.07, 6.45) is 1.37. The molecule has 25 heavy (non-hydrogen) atoms. The minimum absolute atomic E-state index is 0.173. The van der Waals surface area contributed by atoms with Crippen LogP contribution in [-0.2, 0) is 0 Å². The molecule has 2 aromatic heterocycles. The zero-order valence-corrected chi connectivity index (χ0v) is 14.3. The Balaban J connectivity index is 1.94. The third-order valence-electron chi connectivity index (χ3n) is 3.71. The monoisotopic (exact) mass is 355 g/mol. The largest absolute Gasteiger partial charge is 0.480 e. The summed E-state index contributed by atoms with van der Waals surface area (Å²) in [7, 11) is 1.42. The quantitative estimate of drug-likeness (QED) is 0.745. The highest BCUT2D eigenvalue weighted by Crippen LogP contribution is 2.22. The number of nitrogens with zero attached hydrogens (tertiary/aromatic N) is 3. The molecule has 0 aliphatic rings. The van der Waals surface area contributed by atoms with Crippen LogP contribution >= 0.6 is 11.6 Å². The number of nitrogens with one attached hydrogen (secondary N) is 2. The van der Waals surface area contributed by atoms with Crippen molar-refractivity contribution >= 4 is 28.5 Å². The fraction of sp³-hybridized carbons (Fsp3) is 0.176. The average molecular weight is 356 g/mol. The number of methoxy groups -OCH3 is 1. The maximum absolute atomic E-state index is 12.3. The molecule has 0 unspecified atom stereocenters. The number of anilines is 1. The third-order valence-corrected chi connectivity index (χ3v) is 3.95. The van der Waals surface area contributed by atoms with Crippen LogP contribution in [0.1, 0.15) is 24.1 Å². The maximum atomic E-state index is 12.3. The van der Waals surface area contributed by atoms with Gasteiger partial charge in [-0.3, -0.25) is 4.79 Å². The van der Waals surface area contributed by atoms with Crippen molar-refractivity contribution in [1.82, 2.24) is 15.0 Å². The lowest BCUT2D eigenvalue weighted by molar-refractivity contribution is 0.396. The molecule has 126 valence electrons. The van der Waals surface area contributed by atoms with Gasteiger partial charge in [-0.1, -0.05) is 11.6 Å². The number of benzene rings is 1. The van der Waals surface area contributed by atoms with Gasteiger partial charge in [-0.25, -0.2) is 4.98 Å². The predicted octanol–water partition coefficient (Wildman–Crippen LogP) is 3.02. The van der Waals surface area contributed by atoms with E-state index >= 15 is 0 Å². The number of hydrogen-bond acceptors (Lipinski definition) is 6. The van der Waals surface area contributed by atoms with Crippen LogP contribution in [0.5, 0.6) is 5.88 Å². The Morgan fingerprint density at radius 2 is 2.20 bits per heavy atom. The molecule has 2 heterocycles. The van der Waals surface area contributed by atoms with Crippen molar-refractivity contribution in [3.63, 3.8) is 0 Å². The lowest BCUT2D eigenvalue weighted by atomic mass is 10.1. The normalized spacial score (nSPS) is 11.8. The van der Waals surface area contributed by atoms with E-state index in [-0.39, 0.29) is 29.0 Å². The predicted molar refractivity (Wildman–Crippen MR) is 94.9 cm³/mol. The summed E-state index contributed by atoms with van der Waals surface area (Å²) in [6.45, 7) is 1.81. The Hall–Kier alpha value is -3.11. The molecule has 0 fully saturated rings. The van der Waals surface area contributed by atoms with Gasteiger partial charge in [0.05, 0.1) is 19.3 Å². The lowest BCUT2D eigenvalue weighted by Crippen LogP contribution is -2.20. The van der Waals surface area contributed by atoms with E-state index in [4.69, 9.17) is 21.6 Å². The van der Waals surface area contributed by atoms with Crippen LogP contribution in [0.15, 0.2) is 35.3 Å². The third kappa shape index (κ3) is 3.39. The second-order valence-electron chi connectivity index (χ2n) is 5.38. The molecule has 0 radical (unpaired) electrons. The van der Waals surface area contributed by atoms with Crippen molar-refractivity contribution in [3.8, 4) is 11.9 Å². The van der Waals surface area contributed by atoms with Crippen molar-refractivity contribution in [1.29, 1.82) is 5.26 Å². The fourth-order valence-corrected chi connectivity index (χ4v) is 2.64. The molecule has 3 rings (SSSR count). The smallest absolute Gasteiger partial charge is 0.253 e. The molecule has 0 saturated carbocycles. The van der Waals surface area contributed by atoms with Crippen LogP contribution in [0.3, 0.4) is 0 Å². The van der Waals surface area contributed by atoms with Gasteiger partial charge in [-0.15, -0.1) is 0 Å². The molecular weight excluding hydrogens is 342 g/mol. The topological polar surface area (TPSA) is 104 Å². The molecule has 0 saturated heterocycles. The van der Waals surface area contributed by atoms with Gasteiger partial charge in [0, 0.05) is 21.5 Å². The molecule has 1 atom stereocenters. The van der Waals surface area contributed by atoms with Gasteiger partial charge in [0.15, 0.2) is 0 Å². The van der Waals surface area contributed by atoms with Crippen LogP contribution in [0.4, 0.5) is 5.95 Å². The van der Waals surface area contributed by atoms with Crippen LogP contribution in [0.2, 0.25) is 5.02 Å². The molecule has 7 nitrogen and oxygen atoms in total. The molecule has 0 aliphatic carbocycles. The van der Waals surface area contributed by atoms with Gasteiger partial charge < -0.3 is 15.0 Å². The average Bonchev–Trinajstić information content (AvgIpc) is 2.61. The molecule has 2 N–H and O–H groups in total. The van der Waals surface area contributed by atoms with Crippen molar-refractivity contribution < 1.29 is 4.74 Å². The van der Waals surface area contributed by atoms with Crippen molar-refractivity contribution in [2.75, 3.05) is 12.4 Å². The first-order chi connectivity index (χ1) is 12.0. The van der Waals surface area contributed by atoms with E-state index in [0.717, 1.165) is 5.39 Å². The number of ether oxygens (including phenoxy) is 1. The Labute approximate surface area is 148 Å². The first kappa shape index (κ1) is 16.7. The number of pyridine rings is 1. The Bertz CT molecular complexity index is 1040. The fourth-order valence-electron chi connectivity index (χ4n) is 2.46. The number of halogens is 1. The molecular formula is C17H14ClN5O2. The van der Waals surface area contributed by atoms with Gasteiger partial charge in [0.2, 0.25) is 11.8 Å². The SMILES string of the molecule is COc1nc(N[C@@H](C)c2cc3cc(Cl)ccc3[nH]c2=O)ncc1C#N. The minimum atomic E-state index is -0.371. The Morgan fingerprint density at radius 1 is 1.40 bits per heavy atom. The maximum Gasteiger partial charge on any atom is 0.253 e. The number of rotatable bonds is 4. The summed E-state index contributed by atoms with van der Waals surface area (Å²) in [5, 5.41) is 13.4. The second-order valence-corrected chi connectivity index (χ2v) is 5.82. The van der Waals surface area contributed by atoms with Gasteiger partial charge in [-0.05, 0) is 31.2 Å². The van der Waals surface area contributed by atoms with E-state index in [2.05, 4.69) is 20.3 Å². The van der Waals surface area contributed by atoms with Crippen molar-refractivity contribution in [2.45, 2.75) is 13.0 Å². The van der Waals surface area contributed by atoms with Gasteiger partial charge in [-0.2, -0.15) is 10.2 Å². The van der Waals surface area contributed by atoms with E-state index in [1.54, 1.807) is 24.3 Å². The highest BCUT2D eigenvalue weighted by atomic mass is 35.5. The zero-order chi connectivity index (χ0) is 18.0.